The van der Waals surface area contributed by atoms with Crippen LogP contribution in [-0.4, -0.2) is 22.6 Å². The highest BCUT2D eigenvalue weighted by Gasteiger charge is 2.05. The minimum absolute atomic E-state index is 0.0894. The fourth-order valence-corrected chi connectivity index (χ4v) is 1.75. The number of benzene rings is 1. The average molecular weight is 218 g/mol. The Balaban J connectivity index is 2.42. The number of carbonyl (C=O) groups is 1. The van der Waals surface area contributed by atoms with E-state index in [-0.39, 0.29) is 12.5 Å². The van der Waals surface area contributed by atoms with Crippen LogP contribution >= 0.6 is 0 Å². The number of rotatable bonds is 3. The van der Waals surface area contributed by atoms with Crippen LogP contribution in [-0.2, 0) is 11.2 Å². The third-order valence-electron chi connectivity index (χ3n) is 2.46. The first-order chi connectivity index (χ1) is 7.70. The Bertz CT molecular complexity index is 517. The number of amides is 1. The summed E-state index contributed by atoms with van der Waals surface area (Å²) in [5.74, 6) is -0.0894. The summed E-state index contributed by atoms with van der Waals surface area (Å²) in [6, 6.07) is 5.89. The molecule has 0 fully saturated rings. The summed E-state index contributed by atoms with van der Waals surface area (Å²) >= 11 is 0. The summed E-state index contributed by atoms with van der Waals surface area (Å²) in [4.78, 5) is 14.1. The van der Waals surface area contributed by atoms with Crippen LogP contribution in [0.1, 0.15) is 12.5 Å². The minimum Gasteiger partial charge on any atom is -0.396 e. The molecule has 0 atom stereocenters. The quantitative estimate of drug-likeness (QED) is 0.733. The van der Waals surface area contributed by atoms with E-state index in [9.17, 15) is 4.79 Å². The first kappa shape index (κ1) is 10.7. The monoisotopic (exact) mass is 218 g/mol. The van der Waals surface area contributed by atoms with Crippen LogP contribution < -0.4 is 5.32 Å². The number of hydrogen-bond donors (Lipinski definition) is 3. The Kier molecular flexibility index (Phi) is 2.92. The maximum Gasteiger partial charge on any atom is 0.221 e. The van der Waals surface area contributed by atoms with E-state index >= 15 is 0 Å². The average Bonchev–Trinajstić information content (AvgIpc) is 2.61. The van der Waals surface area contributed by atoms with Crippen LogP contribution in [0.3, 0.4) is 0 Å². The fourth-order valence-electron chi connectivity index (χ4n) is 1.75. The first-order valence-electron chi connectivity index (χ1n) is 5.19. The zero-order chi connectivity index (χ0) is 11.5. The van der Waals surface area contributed by atoms with Crippen LogP contribution in [0.4, 0.5) is 5.69 Å². The highest BCUT2D eigenvalue weighted by molar-refractivity contribution is 6.01. The number of anilines is 1. The van der Waals surface area contributed by atoms with Gasteiger partial charge in [0, 0.05) is 30.6 Å². The van der Waals surface area contributed by atoms with Crippen molar-refractivity contribution in [1.82, 2.24) is 4.98 Å². The van der Waals surface area contributed by atoms with Gasteiger partial charge in [-0.2, -0.15) is 0 Å². The zero-order valence-corrected chi connectivity index (χ0v) is 9.08. The molecule has 16 heavy (non-hydrogen) atoms. The van der Waals surface area contributed by atoms with Crippen molar-refractivity contribution in [2.45, 2.75) is 13.3 Å². The van der Waals surface area contributed by atoms with Gasteiger partial charge in [-0.25, -0.2) is 0 Å². The minimum atomic E-state index is -0.0894. The molecular weight excluding hydrogens is 204 g/mol. The SMILES string of the molecule is CC(=O)Nc1c[nH]c2ccc(CCO)cc12. The molecular formula is C12H14N2O2. The molecule has 0 aliphatic rings. The molecule has 3 N–H and O–H groups in total. The lowest BCUT2D eigenvalue weighted by Gasteiger charge is -2.01. The third kappa shape index (κ3) is 2.06. The van der Waals surface area contributed by atoms with Gasteiger partial charge in [0.05, 0.1) is 5.69 Å². The van der Waals surface area contributed by atoms with E-state index in [1.165, 1.54) is 6.92 Å². The van der Waals surface area contributed by atoms with Gasteiger partial charge < -0.3 is 15.4 Å². The maximum absolute atomic E-state index is 11.0. The van der Waals surface area contributed by atoms with Gasteiger partial charge in [0.1, 0.15) is 0 Å². The summed E-state index contributed by atoms with van der Waals surface area (Å²) in [6.45, 7) is 1.61. The summed E-state index contributed by atoms with van der Waals surface area (Å²) in [5.41, 5.74) is 2.81. The van der Waals surface area contributed by atoms with Crippen molar-refractivity contribution in [3.05, 3.63) is 30.0 Å². The Morgan fingerprint density at radius 1 is 1.50 bits per heavy atom. The van der Waals surface area contributed by atoms with Crippen molar-refractivity contribution in [1.29, 1.82) is 0 Å². The molecule has 0 bridgehead atoms. The Morgan fingerprint density at radius 3 is 3.00 bits per heavy atom. The molecule has 4 nitrogen and oxygen atoms in total. The van der Waals surface area contributed by atoms with E-state index in [4.69, 9.17) is 5.11 Å². The normalized spacial score (nSPS) is 10.6. The molecule has 0 aliphatic carbocycles. The van der Waals surface area contributed by atoms with Gasteiger partial charge in [0.15, 0.2) is 0 Å². The predicted molar refractivity (Wildman–Crippen MR) is 63.4 cm³/mol. The number of fused-ring (bicyclic) bond motifs is 1. The number of H-pyrrole nitrogens is 1. The Hall–Kier alpha value is -1.81. The van der Waals surface area contributed by atoms with Gasteiger partial charge in [-0.1, -0.05) is 6.07 Å². The van der Waals surface area contributed by atoms with Gasteiger partial charge in [-0.15, -0.1) is 0 Å². The molecule has 2 rings (SSSR count). The van der Waals surface area contributed by atoms with Gasteiger partial charge in [0.2, 0.25) is 5.91 Å². The van der Waals surface area contributed by atoms with Crippen molar-refractivity contribution in [3.8, 4) is 0 Å². The molecule has 1 aromatic heterocycles. The molecule has 1 aromatic carbocycles. The predicted octanol–water partition coefficient (Wildman–Crippen LogP) is 1.66. The first-order valence-corrected chi connectivity index (χ1v) is 5.19. The van der Waals surface area contributed by atoms with Crippen LogP contribution in [0, 0.1) is 0 Å². The molecule has 4 heteroatoms. The van der Waals surface area contributed by atoms with Crippen molar-refractivity contribution < 1.29 is 9.90 Å². The zero-order valence-electron chi connectivity index (χ0n) is 9.08. The number of aromatic amines is 1. The topological polar surface area (TPSA) is 65.1 Å². The van der Waals surface area contributed by atoms with Crippen molar-refractivity contribution in [3.63, 3.8) is 0 Å². The van der Waals surface area contributed by atoms with Crippen molar-refractivity contribution in [2.75, 3.05) is 11.9 Å². The smallest absolute Gasteiger partial charge is 0.221 e. The molecule has 2 aromatic rings. The van der Waals surface area contributed by atoms with Crippen LogP contribution in [0.25, 0.3) is 10.9 Å². The highest BCUT2D eigenvalue weighted by Crippen LogP contribution is 2.24. The second-order valence-electron chi connectivity index (χ2n) is 3.74. The van der Waals surface area contributed by atoms with Gasteiger partial charge >= 0.3 is 0 Å². The summed E-state index contributed by atoms with van der Waals surface area (Å²) < 4.78 is 0. The van der Waals surface area contributed by atoms with E-state index < -0.39 is 0 Å². The second-order valence-corrected chi connectivity index (χ2v) is 3.74. The standard InChI is InChI=1S/C12H14N2O2/c1-8(16)14-12-7-13-11-3-2-9(4-5-15)6-10(11)12/h2-3,6-7,13,15H,4-5H2,1H3,(H,14,16). The largest absolute Gasteiger partial charge is 0.396 e. The third-order valence-corrected chi connectivity index (χ3v) is 2.46. The number of nitrogens with one attached hydrogen (secondary N) is 2. The molecule has 0 saturated carbocycles. The van der Waals surface area contributed by atoms with Crippen molar-refractivity contribution >= 4 is 22.5 Å². The Labute approximate surface area is 93.3 Å². The number of aromatic nitrogens is 1. The van der Waals surface area contributed by atoms with Gasteiger partial charge in [-0.3, -0.25) is 4.79 Å². The van der Waals surface area contributed by atoms with E-state index in [1.54, 1.807) is 6.20 Å². The van der Waals surface area contributed by atoms with E-state index in [0.29, 0.717) is 6.42 Å². The summed E-state index contributed by atoms with van der Waals surface area (Å²) in [5, 5.41) is 12.6. The lowest BCUT2D eigenvalue weighted by molar-refractivity contribution is -0.114. The van der Waals surface area contributed by atoms with Gasteiger partial charge in [0.25, 0.3) is 0 Å². The lowest BCUT2D eigenvalue weighted by Crippen LogP contribution is -2.04. The number of aliphatic hydroxyl groups excluding tert-OH is 1. The summed E-state index contributed by atoms with van der Waals surface area (Å²) in [7, 11) is 0. The van der Waals surface area contributed by atoms with Gasteiger partial charge in [-0.05, 0) is 24.1 Å². The number of hydrogen-bond acceptors (Lipinski definition) is 2. The fraction of sp³-hybridized carbons (Fsp3) is 0.250. The van der Waals surface area contributed by atoms with Crippen molar-refractivity contribution in [2.24, 2.45) is 0 Å². The molecule has 1 heterocycles. The molecule has 0 radical (unpaired) electrons. The molecule has 0 spiro atoms. The second kappa shape index (κ2) is 4.37. The molecule has 1 amide bonds. The number of aliphatic hydroxyl groups is 1. The van der Waals surface area contributed by atoms with E-state index in [2.05, 4.69) is 10.3 Å². The highest BCUT2D eigenvalue weighted by atomic mass is 16.2. The lowest BCUT2D eigenvalue weighted by atomic mass is 10.1. The van der Waals surface area contributed by atoms with Crippen LogP contribution in [0.5, 0.6) is 0 Å². The molecule has 0 unspecified atom stereocenters. The van der Waals surface area contributed by atoms with Crippen LogP contribution in [0.2, 0.25) is 0 Å². The molecule has 0 saturated heterocycles. The van der Waals surface area contributed by atoms with Crippen LogP contribution in [0.15, 0.2) is 24.4 Å². The Morgan fingerprint density at radius 2 is 2.31 bits per heavy atom. The van der Waals surface area contributed by atoms with E-state index in [1.807, 2.05) is 18.2 Å². The maximum atomic E-state index is 11.0. The van der Waals surface area contributed by atoms with E-state index in [0.717, 1.165) is 22.2 Å². The molecule has 0 aliphatic heterocycles. The summed E-state index contributed by atoms with van der Waals surface area (Å²) in [6.07, 6.45) is 2.40. The number of carbonyl (C=O) groups excluding carboxylic acids is 1. The molecule has 84 valence electrons.